The van der Waals surface area contributed by atoms with Crippen molar-refractivity contribution in [2.24, 2.45) is 0 Å². The Bertz CT molecular complexity index is 451. The average Bonchev–Trinajstić information content (AvgIpc) is 2.47. The summed E-state index contributed by atoms with van der Waals surface area (Å²) in [5.41, 5.74) is 3.39. The van der Waals surface area contributed by atoms with E-state index >= 15 is 0 Å². The maximum Gasteiger partial charge on any atom is 0.151 e. The standard InChI is InChI=1S/C10H13NO2S/c1-14(12,13)7-8-2-3-9-5-11-6-10(9)4-8/h2-4,11H,5-7H2,1H3. The SMILES string of the molecule is CS(=O)(=O)Cc1ccc2c(c1)CNC2. The Kier molecular flexibility index (Phi) is 2.33. The van der Waals surface area contributed by atoms with E-state index in [0.29, 0.717) is 0 Å². The van der Waals surface area contributed by atoms with Gasteiger partial charge < -0.3 is 5.32 Å². The van der Waals surface area contributed by atoms with Gasteiger partial charge in [-0.05, 0) is 16.7 Å². The van der Waals surface area contributed by atoms with Crippen LogP contribution in [0.25, 0.3) is 0 Å². The molecule has 0 fully saturated rings. The summed E-state index contributed by atoms with van der Waals surface area (Å²) in [4.78, 5) is 0. The van der Waals surface area contributed by atoms with Crippen molar-refractivity contribution in [3.8, 4) is 0 Å². The predicted octanol–water partition coefficient (Wildman–Crippen LogP) is 0.834. The summed E-state index contributed by atoms with van der Waals surface area (Å²) in [6.45, 7) is 1.75. The first kappa shape index (κ1) is 9.68. The molecule has 76 valence electrons. The number of hydrogen-bond acceptors (Lipinski definition) is 3. The van der Waals surface area contributed by atoms with Crippen LogP contribution in [0.1, 0.15) is 16.7 Å². The van der Waals surface area contributed by atoms with Gasteiger partial charge >= 0.3 is 0 Å². The maximum atomic E-state index is 11.1. The Morgan fingerprint density at radius 1 is 1.29 bits per heavy atom. The Hall–Kier alpha value is -0.870. The fourth-order valence-electron chi connectivity index (χ4n) is 1.74. The van der Waals surface area contributed by atoms with Gasteiger partial charge in [0.2, 0.25) is 0 Å². The van der Waals surface area contributed by atoms with Gasteiger partial charge in [0.1, 0.15) is 0 Å². The highest BCUT2D eigenvalue weighted by atomic mass is 32.2. The molecule has 0 bridgehead atoms. The zero-order valence-corrected chi connectivity index (χ0v) is 8.89. The van der Waals surface area contributed by atoms with E-state index < -0.39 is 9.84 Å². The molecule has 0 saturated carbocycles. The molecular formula is C10H13NO2S. The zero-order valence-electron chi connectivity index (χ0n) is 8.08. The van der Waals surface area contributed by atoms with Crippen molar-refractivity contribution in [3.63, 3.8) is 0 Å². The van der Waals surface area contributed by atoms with Crippen LogP contribution in [0.2, 0.25) is 0 Å². The van der Waals surface area contributed by atoms with Crippen LogP contribution >= 0.6 is 0 Å². The fourth-order valence-corrected chi connectivity index (χ4v) is 2.53. The summed E-state index contributed by atoms with van der Waals surface area (Å²) in [6, 6.07) is 5.89. The van der Waals surface area contributed by atoms with Crippen LogP contribution < -0.4 is 5.32 Å². The van der Waals surface area contributed by atoms with Crippen molar-refractivity contribution in [3.05, 3.63) is 34.9 Å². The molecule has 14 heavy (non-hydrogen) atoms. The lowest BCUT2D eigenvalue weighted by molar-refractivity contribution is 0.601. The van der Waals surface area contributed by atoms with Crippen LogP contribution in [0.3, 0.4) is 0 Å². The van der Waals surface area contributed by atoms with Crippen LogP contribution in [0.5, 0.6) is 0 Å². The summed E-state index contributed by atoms with van der Waals surface area (Å²) in [5.74, 6) is 0.139. The van der Waals surface area contributed by atoms with E-state index in [-0.39, 0.29) is 5.75 Å². The number of benzene rings is 1. The first-order valence-corrected chi connectivity index (χ1v) is 6.60. The second-order valence-electron chi connectivity index (χ2n) is 3.78. The molecule has 0 saturated heterocycles. The average molecular weight is 211 g/mol. The minimum atomic E-state index is -2.92. The molecule has 0 aliphatic carbocycles. The van der Waals surface area contributed by atoms with E-state index in [0.717, 1.165) is 18.7 Å². The van der Waals surface area contributed by atoms with E-state index in [4.69, 9.17) is 0 Å². The highest BCUT2D eigenvalue weighted by Crippen LogP contribution is 2.18. The highest BCUT2D eigenvalue weighted by Gasteiger charge is 2.11. The van der Waals surface area contributed by atoms with Gasteiger partial charge in [0.25, 0.3) is 0 Å². The molecule has 4 heteroatoms. The molecular weight excluding hydrogens is 198 g/mol. The predicted molar refractivity (Wildman–Crippen MR) is 55.5 cm³/mol. The van der Waals surface area contributed by atoms with Crippen molar-refractivity contribution in [1.29, 1.82) is 0 Å². The van der Waals surface area contributed by atoms with Gasteiger partial charge in [-0.3, -0.25) is 0 Å². The Labute approximate surface area is 84.1 Å². The van der Waals surface area contributed by atoms with Gasteiger partial charge in [0, 0.05) is 19.3 Å². The molecule has 1 heterocycles. The molecule has 0 atom stereocenters. The molecule has 0 spiro atoms. The Morgan fingerprint density at radius 3 is 2.71 bits per heavy atom. The second-order valence-corrected chi connectivity index (χ2v) is 5.92. The van der Waals surface area contributed by atoms with Crippen molar-refractivity contribution < 1.29 is 8.42 Å². The molecule has 0 amide bonds. The molecule has 0 aromatic heterocycles. The summed E-state index contributed by atoms with van der Waals surface area (Å²) in [7, 11) is -2.92. The fraction of sp³-hybridized carbons (Fsp3) is 0.400. The van der Waals surface area contributed by atoms with E-state index in [1.807, 2.05) is 18.2 Å². The lowest BCUT2D eigenvalue weighted by Gasteiger charge is -2.02. The molecule has 0 radical (unpaired) electrons. The van der Waals surface area contributed by atoms with Crippen molar-refractivity contribution >= 4 is 9.84 Å². The summed E-state index contributed by atoms with van der Waals surface area (Å²) in [6.07, 6.45) is 1.26. The van der Waals surface area contributed by atoms with E-state index in [2.05, 4.69) is 5.32 Å². The van der Waals surface area contributed by atoms with Gasteiger partial charge in [-0.2, -0.15) is 0 Å². The van der Waals surface area contributed by atoms with Gasteiger partial charge in [-0.15, -0.1) is 0 Å². The van der Waals surface area contributed by atoms with Crippen LogP contribution in [-0.2, 0) is 28.7 Å². The first-order chi connectivity index (χ1) is 6.54. The summed E-state index contributed by atoms with van der Waals surface area (Å²) >= 11 is 0. The normalized spacial score (nSPS) is 15.5. The Balaban J connectivity index is 2.29. The van der Waals surface area contributed by atoms with Gasteiger partial charge in [-0.1, -0.05) is 18.2 Å². The van der Waals surface area contributed by atoms with Gasteiger partial charge in [0.15, 0.2) is 9.84 Å². The third-order valence-electron chi connectivity index (χ3n) is 2.33. The molecule has 1 aliphatic heterocycles. The minimum Gasteiger partial charge on any atom is -0.309 e. The van der Waals surface area contributed by atoms with Gasteiger partial charge in [-0.25, -0.2) is 8.42 Å². The third kappa shape index (κ3) is 2.13. The minimum absolute atomic E-state index is 0.139. The molecule has 1 aromatic rings. The quantitative estimate of drug-likeness (QED) is 0.788. The van der Waals surface area contributed by atoms with Crippen molar-refractivity contribution in [1.82, 2.24) is 5.32 Å². The number of fused-ring (bicyclic) bond motifs is 1. The largest absolute Gasteiger partial charge is 0.309 e. The van der Waals surface area contributed by atoms with Crippen molar-refractivity contribution in [2.75, 3.05) is 6.26 Å². The monoisotopic (exact) mass is 211 g/mol. The summed E-state index contributed by atoms with van der Waals surface area (Å²) < 4.78 is 22.2. The van der Waals surface area contributed by atoms with Crippen LogP contribution in [0.4, 0.5) is 0 Å². The highest BCUT2D eigenvalue weighted by molar-refractivity contribution is 7.89. The van der Waals surface area contributed by atoms with E-state index in [9.17, 15) is 8.42 Å². The number of nitrogens with one attached hydrogen (secondary N) is 1. The van der Waals surface area contributed by atoms with Crippen LogP contribution in [-0.4, -0.2) is 14.7 Å². The molecule has 1 N–H and O–H groups in total. The topological polar surface area (TPSA) is 46.2 Å². The van der Waals surface area contributed by atoms with E-state index in [1.54, 1.807) is 0 Å². The molecule has 1 aliphatic rings. The molecule has 1 aromatic carbocycles. The first-order valence-electron chi connectivity index (χ1n) is 4.54. The van der Waals surface area contributed by atoms with Gasteiger partial charge in [0.05, 0.1) is 5.75 Å². The van der Waals surface area contributed by atoms with Crippen molar-refractivity contribution in [2.45, 2.75) is 18.8 Å². The lowest BCUT2D eigenvalue weighted by atomic mass is 10.1. The molecule has 2 rings (SSSR count). The smallest absolute Gasteiger partial charge is 0.151 e. The third-order valence-corrected chi connectivity index (χ3v) is 3.19. The number of sulfone groups is 1. The van der Waals surface area contributed by atoms with Crippen LogP contribution in [0.15, 0.2) is 18.2 Å². The lowest BCUT2D eigenvalue weighted by Crippen LogP contribution is -2.01. The number of rotatable bonds is 2. The Morgan fingerprint density at radius 2 is 2.00 bits per heavy atom. The van der Waals surface area contributed by atoms with Crippen LogP contribution in [0, 0.1) is 0 Å². The zero-order chi connectivity index (χ0) is 10.2. The molecule has 0 unspecified atom stereocenters. The second kappa shape index (κ2) is 3.37. The maximum absolute atomic E-state index is 11.1. The van der Waals surface area contributed by atoms with E-state index in [1.165, 1.54) is 17.4 Å². The summed E-state index contributed by atoms with van der Waals surface area (Å²) in [5, 5.41) is 3.23. The number of hydrogen-bond donors (Lipinski definition) is 1. The molecule has 3 nitrogen and oxygen atoms in total.